The number of alkyl halides is 3. The zero-order chi connectivity index (χ0) is 14.0. The number of nitrogens with one attached hydrogen (secondary N) is 1. The zero-order valence-electron chi connectivity index (χ0n) is 10.3. The van der Waals surface area contributed by atoms with Gasteiger partial charge in [-0.15, -0.1) is 0 Å². The first-order valence-electron chi connectivity index (χ1n) is 5.27. The molecule has 0 aliphatic rings. The van der Waals surface area contributed by atoms with Gasteiger partial charge in [0.15, 0.2) is 0 Å². The number of aromatic nitrogens is 1. The third kappa shape index (κ3) is 4.67. The maximum absolute atomic E-state index is 12.1. The van der Waals surface area contributed by atoms with Crippen LogP contribution < -0.4 is 4.72 Å². The lowest BCUT2D eigenvalue weighted by atomic mass is 10.1. The van der Waals surface area contributed by atoms with Gasteiger partial charge < -0.3 is 0 Å². The molecule has 0 spiro atoms. The number of nitrogens with zero attached hydrogens (tertiary/aromatic N) is 1. The Balaban J connectivity index is 2.99. The molecule has 102 valence electrons. The molecule has 0 saturated carbocycles. The van der Waals surface area contributed by atoms with Gasteiger partial charge in [-0.05, 0) is 32.4 Å². The highest BCUT2D eigenvalue weighted by molar-refractivity contribution is 7.84. The minimum atomic E-state index is -1.61. The lowest BCUT2D eigenvalue weighted by Gasteiger charge is -2.28. The Morgan fingerprint density at radius 3 is 2.33 bits per heavy atom. The second-order valence-electron chi connectivity index (χ2n) is 4.76. The Bertz CT molecular complexity index is 415. The smallest absolute Gasteiger partial charge is 0.210 e. The molecular formula is C11H15Cl3N2OS. The molecular weight excluding hydrogens is 315 g/mol. The predicted molar refractivity (Wildman–Crippen MR) is 78.3 cm³/mol. The van der Waals surface area contributed by atoms with E-state index in [-0.39, 0.29) is 0 Å². The summed E-state index contributed by atoms with van der Waals surface area (Å²) in [5.74, 6) is 0. The van der Waals surface area contributed by atoms with Crippen molar-refractivity contribution >= 4 is 45.8 Å². The lowest BCUT2D eigenvalue weighted by molar-refractivity contribution is 0.602. The van der Waals surface area contributed by atoms with Crippen LogP contribution in [-0.2, 0) is 11.0 Å². The molecule has 1 N–H and O–H groups in total. The molecule has 0 amide bonds. The number of hydrogen-bond donors (Lipinski definition) is 1. The first kappa shape index (κ1) is 16.2. The molecule has 3 nitrogen and oxygen atoms in total. The van der Waals surface area contributed by atoms with Crippen molar-refractivity contribution in [3.8, 4) is 0 Å². The Hall–Kier alpha value is 0.130. The molecule has 0 bridgehead atoms. The third-order valence-electron chi connectivity index (χ3n) is 2.13. The Morgan fingerprint density at radius 2 is 1.94 bits per heavy atom. The van der Waals surface area contributed by atoms with Gasteiger partial charge in [0.05, 0.1) is 21.8 Å². The standard InChI is InChI=1S/C11H15Cl3N2OS/c1-10(2,3)18(17)16-9(11(12,13)14)8-5-4-6-15-7-8/h4-7,9,16H,1-3H3/t9-,18?/m0/s1. The monoisotopic (exact) mass is 328 g/mol. The van der Waals surface area contributed by atoms with Crippen molar-refractivity contribution in [1.29, 1.82) is 0 Å². The number of halogens is 3. The number of pyridine rings is 1. The van der Waals surface area contributed by atoms with Crippen LogP contribution in [0.25, 0.3) is 0 Å². The fraction of sp³-hybridized carbons (Fsp3) is 0.545. The maximum atomic E-state index is 12.1. The summed E-state index contributed by atoms with van der Waals surface area (Å²) in [6, 6.07) is 2.82. The summed E-state index contributed by atoms with van der Waals surface area (Å²) >= 11 is 17.8. The quantitative estimate of drug-likeness (QED) is 0.862. The van der Waals surface area contributed by atoms with Crippen molar-refractivity contribution in [1.82, 2.24) is 9.71 Å². The molecule has 0 aromatic carbocycles. The largest absolute Gasteiger partial charge is 0.264 e. The van der Waals surface area contributed by atoms with Crippen molar-refractivity contribution in [3.05, 3.63) is 30.1 Å². The second kappa shape index (κ2) is 6.06. The summed E-state index contributed by atoms with van der Waals surface area (Å²) in [5.41, 5.74) is 0.676. The third-order valence-corrected chi connectivity index (χ3v) is 4.34. The van der Waals surface area contributed by atoms with Gasteiger partial charge >= 0.3 is 0 Å². The molecule has 7 heteroatoms. The average molecular weight is 330 g/mol. The molecule has 1 unspecified atom stereocenters. The molecule has 18 heavy (non-hydrogen) atoms. The fourth-order valence-electron chi connectivity index (χ4n) is 1.15. The summed E-state index contributed by atoms with van der Waals surface area (Å²) in [6.07, 6.45) is 3.21. The molecule has 1 heterocycles. The van der Waals surface area contributed by atoms with Crippen LogP contribution in [0.1, 0.15) is 32.4 Å². The molecule has 0 radical (unpaired) electrons. The summed E-state index contributed by atoms with van der Waals surface area (Å²) in [6.45, 7) is 5.53. The highest BCUT2D eigenvalue weighted by Gasteiger charge is 2.37. The van der Waals surface area contributed by atoms with Gasteiger partial charge in [-0.1, -0.05) is 40.9 Å². The first-order chi connectivity index (χ1) is 8.12. The number of rotatable bonds is 3. The van der Waals surface area contributed by atoms with E-state index in [1.54, 1.807) is 24.5 Å². The molecule has 2 atom stereocenters. The maximum Gasteiger partial charge on any atom is 0.210 e. The van der Waals surface area contributed by atoms with Crippen molar-refractivity contribution in [3.63, 3.8) is 0 Å². The molecule has 1 aromatic heterocycles. The Kier molecular flexibility index (Phi) is 5.44. The van der Waals surface area contributed by atoms with Crippen LogP contribution in [0.2, 0.25) is 0 Å². The Morgan fingerprint density at radius 1 is 1.33 bits per heavy atom. The van der Waals surface area contributed by atoms with Crippen LogP contribution in [0.3, 0.4) is 0 Å². The van der Waals surface area contributed by atoms with E-state index in [4.69, 9.17) is 34.8 Å². The topological polar surface area (TPSA) is 42.0 Å². The molecule has 0 saturated heterocycles. The van der Waals surface area contributed by atoms with E-state index in [0.29, 0.717) is 5.56 Å². The second-order valence-corrected chi connectivity index (χ2v) is 9.13. The SMILES string of the molecule is CC(C)(C)S(=O)N[C@@H](c1cccnc1)C(Cl)(Cl)Cl. The molecule has 0 aliphatic heterocycles. The average Bonchev–Trinajstić information content (AvgIpc) is 2.23. The van der Waals surface area contributed by atoms with Gasteiger partial charge in [-0.3, -0.25) is 4.98 Å². The van der Waals surface area contributed by atoms with Gasteiger partial charge in [0.2, 0.25) is 3.79 Å². The van der Waals surface area contributed by atoms with E-state index in [2.05, 4.69) is 9.71 Å². The van der Waals surface area contributed by atoms with Gasteiger partial charge in [0.1, 0.15) is 0 Å². The highest BCUT2D eigenvalue weighted by Crippen LogP contribution is 2.40. The summed E-state index contributed by atoms with van der Waals surface area (Å²) in [7, 11) is -1.35. The van der Waals surface area contributed by atoms with Gasteiger partial charge in [0.25, 0.3) is 0 Å². The minimum Gasteiger partial charge on any atom is -0.264 e. The van der Waals surface area contributed by atoms with E-state index in [0.717, 1.165) is 0 Å². The van der Waals surface area contributed by atoms with Crippen LogP contribution in [0.15, 0.2) is 24.5 Å². The molecule has 0 fully saturated rings. The van der Waals surface area contributed by atoms with Crippen LogP contribution in [0.4, 0.5) is 0 Å². The Labute approximate surface area is 125 Å². The number of hydrogen-bond acceptors (Lipinski definition) is 2. The summed E-state index contributed by atoms with van der Waals surface area (Å²) in [4.78, 5) is 3.97. The van der Waals surface area contributed by atoms with Gasteiger partial charge in [-0.25, -0.2) is 8.93 Å². The van der Waals surface area contributed by atoms with Crippen LogP contribution in [0.5, 0.6) is 0 Å². The highest BCUT2D eigenvalue weighted by atomic mass is 35.6. The van der Waals surface area contributed by atoms with E-state index in [1.165, 1.54) is 0 Å². The van der Waals surface area contributed by atoms with Crippen molar-refractivity contribution in [2.75, 3.05) is 0 Å². The van der Waals surface area contributed by atoms with Crippen molar-refractivity contribution < 1.29 is 4.21 Å². The summed E-state index contributed by atoms with van der Waals surface area (Å²) < 4.78 is 12.9. The normalized spacial score (nSPS) is 16.3. The van der Waals surface area contributed by atoms with Crippen LogP contribution in [-0.4, -0.2) is 17.7 Å². The molecule has 1 rings (SSSR count). The van der Waals surface area contributed by atoms with Crippen LogP contribution in [0, 0.1) is 0 Å². The minimum absolute atomic E-state index is 0.448. The van der Waals surface area contributed by atoms with Crippen molar-refractivity contribution in [2.45, 2.75) is 35.4 Å². The predicted octanol–water partition coefficient (Wildman–Crippen LogP) is 3.54. The molecule has 0 aliphatic carbocycles. The van der Waals surface area contributed by atoms with Gasteiger partial charge in [0, 0.05) is 12.4 Å². The van der Waals surface area contributed by atoms with E-state index in [1.807, 2.05) is 20.8 Å². The summed E-state index contributed by atoms with van der Waals surface area (Å²) in [5, 5.41) is 0. The van der Waals surface area contributed by atoms with Crippen LogP contribution >= 0.6 is 34.8 Å². The van der Waals surface area contributed by atoms with E-state index >= 15 is 0 Å². The molecule has 1 aromatic rings. The zero-order valence-corrected chi connectivity index (χ0v) is 13.4. The van der Waals surface area contributed by atoms with Gasteiger partial charge in [-0.2, -0.15) is 0 Å². The lowest BCUT2D eigenvalue weighted by Crippen LogP contribution is -2.40. The van der Waals surface area contributed by atoms with E-state index < -0.39 is 25.6 Å². The van der Waals surface area contributed by atoms with E-state index in [9.17, 15) is 4.21 Å². The first-order valence-corrected chi connectivity index (χ1v) is 7.55. The fourth-order valence-corrected chi connectivity index (χ4v) is 2.77. The van der Waals surface area contributed by atoms with Crippen molar-refractivity contribution in [2.24, 2.45) is 0 Å².